The van der Waals surface area contributed by atoms with Gasteiger partial charge in [0.05, 0.1) is 24.1 Å². The number of rotatable bonds is 4. The van der Waals surface area contributed by atoms with E-state index in [9.17, 15) is 27.9 Å². The number of carbonyl (C=O) groups is 3. The number of ether oxygens (including phenoxy) is 2. The molecule has 0 aromatic heterocycles. The fourth-order valence-corrected chi connectivity index (χ4v) is 9.45. The van der Waals surface area contributed by atoms with E-state index in [4.69, 9.17) is 13.7 Å². The van der Waals surface area contributed by atoms with Crippen molar-refractivity contribution in [2.45, 2.75) is 88.9 Å². The Hall–Kier alpha value is -1.36. The van der Waals surface area contributed by atoms with Crippen molar-refractivity contribution in [3.05, 3.63) is 0 Å². The molecule has 1 N–H and O–H groups in total. The molecular weight excluding hydrogens is 476 g/mol. The fraction of sp³-hybridized carbons (Fsp3) is 0.880. The van der Waals surface area contributed by atoms with Gasteiger partial charge in [-0.05, 0) is 63.2 Å². The monoisotopic (exact) mass is 512 g/mol. The average Bonchev–Trinajstić information content (AvgIpc) is 3.03. The van der Waals surface area contributed by atoms with Gasteiger partial charge in [-0.2, -0.15) is 8.42 Å². The second-order valence-electron chi connectivity index (χ2n) is 11.9. The molecule has 10 heteroatoms. The van der Waals surface area contributed by atoms with Gasteiger partial charge in [-0.1, -0.05) is 6.92 Å². The van der Waals surface area contributed by atoms with Crippen LogP contribution in [0.5, 0.6) is 0 Å². The van der Waals surface area contributed by atoms with Crippen molar-refractivity contribution in [1.29, 1.82) is 0 Å². The van der Waals surface area contributed by atoms with E-state index in [0.29, 0.717) is 51.4 Å². The van der Waals surface area contributed by atoms with Crippen LogP contribution in [0.15, 0.2) is 0 Å². The van der Waals surface area contributed by atoms with E-state index in [-0.39, 0.29) is 43.2 Å². The normalized spacial score (nSPS) is 47.3. The number of fused-ring (bicyclic) bond motifs is 3. The maximum atomic E-state index is 12.9. The van der Waals surface area contributed by atoms with Crippen LogP contribution < -0.4 is 0 Å². The second kappa shape index (κ2) is 8.07. The second-order valence-corrected chi connectivity index (χ2v) is 13.5. The zero-order chi connectivity index (χ0) is 25.4. The largest absolute Gasteiger partial charge is 0.462 e. The van der Waals surface area contributed by atoms with E-state index >= 15 is 0 Å². The third-order valence-electron chi connectivity index (χ3n) is 10.5. The minimum atomic E-state index is -3.76. The number of Topliss-reactive ketones (excluding diaryl/α,β-unsaturated/α-hetero) is 2. The van der Waals surface area contributed by atoms with Crippen molar-refractivity contribution in [3.8, 4) is 0 Å². The molecule has 2 bridgehead atoms. The van der Waals surface area contributed by atoms with Gasteiger partial charge < -0.3 is 14.6 Å². The Morgan fingerprint density at radius 3 is 2.49 bits per heavy atom. The van der Waals surface area contributed by atoms with Crippen LogP contribution >= 0.6 is 0 Å². The molecule has 1 aliphatic heterocycles. The van der Waals surface area contributed by atoms with E-state index in [1.807, 2.05) is 0 Å². The van der Waals surface area contributed by atoms with Crippen molar-refractivity contribution in [1.82, 2.24) is 0 Å². The first kappa shape index (κ1) is 25.3. The number of carbonyl (C=O) groups excluding carboxylic acids is 3. The summed E-state index contributed by atoms with van der Waals surface area (Å²) in [6, 6.07) is 0. The van der Waals surface area contributed by atoms with Crippen LogP contribution in [0.25, 0.3) is 0 Å². The molecule has 9 nitrogen and oxygen atoms in total. The van der Waals surface area contributed by atoms with Gasteiger partial charge in [0, 0.05) is 30.1 Å². The summed E-state index contributed by atoms with van der Waals surface area (Å²) in [7, 11) is -3.76. The first-order valence-electron chi connectivity index (χ1n) is 12.7. The molecule has 0 aromatic carbocycles. The lowest BCUT2D eigenvalue weighted by Crippen LogP contribution is -2.70. The van der Waals surface area contributed by atoms with Gasteiger partial charge in [0.1, 0.15) is 12.7 Å². The summed E-state index contributed by atoms with van der Waals surface area (Å²) in [5.74, 6) is -1.71. The minimum Gasteiger partial charge on any atom is -0.462 e. The van der Waals surface area contributed by atoms with Crippen molar-refractivity contribution < 1.29 is 41.6 Å². The number of aliphatic hydroxyl groups is 1. The summed E-state index contributed by atoms with van der Waals surface area (Å²) in [6.07, 6.45) is 5.38. The minimum absolute atomic E-state index is 0.0429. The van der Waals surface area contributed by atoms with E-state index in [1.54, 1.807) is 0 Å². The van der Waals surface area contributed by atoms with Gasteiger partial charge in [-0.3, -0.25) is 18.6 Å². The third-order valence-corrected chi connectivity index (χ3v) is 11.0. The molecule has 0 spiro atoms. The molecule has 35 heavy (non-hydrogen) atoms. The van der Waals surface area contributed by atoms with Crippen molar-refractivity contribution in [2.24, 2.45) is 28.6 Å². The smallest absolute Gasteiger partial charge is 0.302 e. The topological polar surface area (TPSA) is 133 Å². The van der Waals surface area contributed by atoms with E-state index in [1.165, 1.54) is 6.92 Å². The number of hydrogen-bond acceptors (Lipinski definition) is 9. The summed E-state index contributed by atoms with van der Waals surface area (Å²) in [4.78, 5) is 37.0. The molecule has 0 radical (unpaired) electrons. The van der Waals surface area contributed by atoms with Crippen LogP contribution in [0.3, 0.4) is 0 Å². The molecule has 1 heterocycles. The fourth-order valence-electron chi connectivity index (χ4n) is 9.02. The summed E-state index contributed by atoms with van der Waals surface area (Å²) >= 11 is 0. The van der Waals surface area contributed by atoms with Crippen molar-refractivity contribution >= 4 is 27.7 Å². The Morgan fingerprint density at radius 1 is 1.09 bits per heavy atom. The molecule has 1 saturated heterocycles. The molecule has 8 atom stereocenters. The van der Waals surface area contributed by atoms with Gasteiger partial charge in [0.15, 0.2) is 0 Å². The highest BCUT2D eigenvalue weighted by molar-refractivity contribution is 7.85. The van der Waals surface area contributed by atoms with E-state index in [0.717, 1.165) is 6.26 Å². The highest BCUT2D eigenvalue weighted by Gasteiger charge is 2.73. The van der Waals surface area contributed by atoms with Crippen LogP contribution in [0.4, 0.5) is 0 Å². The molecule has 0 unspecified atom stereocenters. The summed E-state index contributed by atoms with van der Waals surface area (Å²) < 4.78 is 41.5. The first-order chi connectivity index (χ1) is 16.3. The number of ketones is 2. The highest BCUT2D eigenvalue weighted by atomic mass is 32.2. The van der Waals surface area contributed by atoms with Crippen LogP contribution in [0.2, 0.25) is 0 Å². The Balaban J connectivity index is 1.56. The SMILES string of the molecule is CC(=O)O[C@@H]1CC[C@]2(COS(C)(=O)=O)[C@@H]3CC[C@]4(C)[C@H]5CC[C@]4(OCC(=O)C5=O)[C@H]3CC[C@@]2(O)C1. The van der Waals surface area contributed by atoms with Crippen LogP contribution in [-0.2, 0) is 38.2 Å². The Bertz CT molecular complexity index is 1060. The molecular formula is C25H36O9S. The highest BCUT2D eigenvalue weighted by Crippen LogP contribution is 2.71. The Labute approximate surface area is 206 Å². The first-order valence-corrected chi connectivity index (χ1v) is 14.5. The van der Waals surface area contributed by atoms with Crippen LogP contribution in [0.1, 0.15) is 71.6 Å². The number of hydrogen-bond donors (Lipinski definition) is 1. The molecule has 0 amide bonds. The Kier molecular flexibility index (Phi) is 5.83. The van der Waals surface area contributed by atoms with E-state index in [2.05, 4.69) is 6.92 Å². The number of esters is 1. The molecule has 5 fully saturated rings. The van der Waals surface area contributed by atoms with Gasteiger partial charge in [0.25, 0.3) is 10.1 Å². The van der Waals surface area contributed by atoms with Crippen molar-refractivity contribution in [2.75, 3.05) is 19.5 Å². The lowest BCUT2D eigenvalue weighted by molar-refractivity contribution is -0.275. The average molecular weight is 513 g/mol. The lowest BCUT2D eigenvalue weighted by Gasteiger charge is -2.67. The third kappa shape index (κ3) is 3.57. The maximum absolute atomic E-state index is 12.9. The molecule has 196 valence electrons. The van der Waals surface area contributed by atoms with Gasteiger partial charge in [0.2, 0.25) is 11.6 Å². The van der Waals surface area contributed by atoms with Gasteiger partial charge in [-0.15, -0.1) is 0 Å². The maximum Gasteiger partial charge on any atom is 0.302 e. The van der Waals surface area contributed by atoms with E-state index < -0.39 is 50.0 Å². The quantitative estimate of drug-likeness (QED) is 0.341. The lowest BCUT2D eigenvalue weighted by atomic mass is 9.41. The summed E-state index contributed by atoms with van der Waals surface area (Å²) in [6.45, 7) is 3.05. The van der Waals surface area contributed by atoms with Crippen molar-refractivity contribution in [3.63, 3.8) is 0 Å². The van der Waals surface area contributed by atoms with Gasteiger partial charge >= 0.3 is 5.97 Å². The predicted molar refractivity (Wildman–Crippen MR) is 123 cm³/mol. The van der Waals surface area contributed by atoms with Crippen LogP contribution in [0, 0.1) is 28.6 Å². The zero-order valence-electron chi connectivity index (χ0n) is 20.7. The molecule has 5 aliphatic rings. The Morgan fingerprint density at radius 2 is 1.80 bits per heavy atom. The molecule has 4 saturated carbocycles. The summed E-state index contributed by atoms with van der Waals surface area (Å²) in [5.41, 5.74) is -3.28. The molecule has 5 rings (SSSR count). The molecule has 0 aromatic rings. The summed E-state index contributed by atoms with van der Waals surface area (Å²) in [5, 5.41) is 12.1. The van der Waals surface area contributed by atoms with Crippen LogP contribution in [-0.4, -0.2) is 67.8 Å². The zero-order valence-corrected chi connectivity index (χ0v) is 21.5. The molecule has 4 aliphatic carbocycles. The van der Waals surface area contributed by atoms with Gasteiger partial charge in [-0.25, -0.2) is 0 Å². The standard InChI is InChI=1S/C25H36O9S/c1-15(26)34-16-4-9-23(14-33-35(3,30)31)17-5-8-22(2)19-7-11-25(22,32-13-20(27)21(19)28)18(17)6-10-24(23,29)12-16/h16-19,29H,4-14H2,1-3H3/t16-,17-,18+,19+,22-,23+,24-,25+/m1/s1. The predicted octanol–water partition coefficient (Wildman–Crippen LogP) is 1.94.